The molecule has 3 rings (SSSR count). The second kappa shape index (κ2) is 7.23. The van der Waals surface area contributed by atoms with Crippen molar-refractivity contribution >= 4 is 34.6 Å². The maximum absolute atomic E-state index is 12.1. The first kappa shape index (κ1) is 16.1. The Bertz CT molecular complexity index is 813. The lowest BCUT2D eigenvalue weighted by atomic mass is 10.2. The fourth-order valence-electron chi connectivity index (χ4n) is 2.16. The quantitative estimate of drug-likeness (QED) is 0.864. The maximum Gasteiger partial charge on any atom is 0.264 e. The molecule has 0 spiro atoms. The van der Waals surface area contributed by atoms with Gasteiger partial charge >= 0.3 is 0 Å². The number of carbonyl (C=O) groups is 1. The van der Waals surface area contributed by atoms with Crippen LogP contribution >= 0.6 is 11.8 Å². The van der Waals surface area contributed by atoms with E-state index in [-0.39, 0.29) is 5.91 Å². The highest BCUT2D eigenvalue weighted by Gasteiger charge is 2.24. The third-order valence-electron chi connectivity index (χ3n) is 3.37. The van der Waals surface area contributed by atoms with E-state index in [1.165, 1.54) is 11.8 Å². The van der Waals surface area contributed by atoms with Crippen molar-refractivity contribution in [2.24, 2.45) is 4.99 Å². The molecule has 2 aromatic carbocycles. The number of amidine groups is 1. The third kappa shape index (κ3) is 3.60. The number of benzene rings is 2. The Balaban J connectivity index is 1.82. The molecule has 1 amide bonds. The summed E-state index contributed by atoms with van der Waals surface area (Å²) in [5.41, 5.74) is 1.60. The molecular weight excluding hydrogens is 324 g/mol. The molecule has 122 valence electrons. The summed E-state index contributed by atoms with van der Waals surface area (Å²) >= 11 is 1.30. The van der Waals surface area contributed by atoms with E-state index in [4.69, 9.17) is 9.47 Å². The van der Waals surface area contributed by atoms with Gasteiger partial charge in [0.1, 0.15) is 17.2 Å². The molecule has 0 bridgehead atoms. The predicted molar refractivity (Wildman–Crippen MR) is 96.8 cm³/mol. The minimum atomic E-state index is -0.163. The van der Waals surface area contributed by atoms with Crippen LogP contribution in [0, 0.1) is 0 Å². The standard InChI is InChI=1S/C18H16N2O3S/c1-22-13-9-7-12(8-10-13)11-16-17(21)20-18(24-16)19-14-5-3-4-6-15(14)23-2/h3-11H,1-2H3,(H,19,20,21). The molecule has 0 aromatic heterocycles. The molecule has 1 N–H and O–H groups in total. The molecule has 24 heavy (non-hydrogen) atoms. The van der Waals surface area contributed by atoms with Gasteiger partial charge in [-0.1, -0.05) is 24.3 Å². The Hall–Kier alpha value is -2.73. The molecule has 6 heteroatoms. The Morgan fingerprint density at radius 2 is 1.79 bits per heavy atom. The third-order valence-corrected chi connectivity index (χ3v) is 4.28. The molecule has 0 aliphatic carbocycles. The Morgan fingerprint density at radius 1 is 1.04 bits per heavy atom. The zero-order valence-electron chi connectivity index (χ0n) is 13.3. The van der Waals surface area contributed by atoms with E-state index in [0.717, 1.165) is 11.3 Å². The zero-order valence-corrected chi connectivity index (χ0v) is 14.1. The number of para-hydroxylation sites is 2. The summed E-state index contributed by atoms with van der Waals surface area (Å²) in [6, 6.07) is 14.9. The van der Waals surface area contributed by atoms with Crippen molar-refractivity contribution in [3.8, 4) is 11.5 Å². The van der Waals surface area contributed by atoms with Gasteiger partial charge in [-0.05, 0) is 47.7 Å². The number of rotatable bonds is 4. The van der Waals surface area contributed by atoms with Gasteiger partial charge in [-0.3, -0.25) is 4.79 Å². The van der Waals surface area contributed by atoms with Crippen molar-refractivity contribution in [2.75, 3.05) is 14.2 Å². The summed E-state index contributed by atoms with van der Waals surface area (Å²) in [6.45, 7) is 0. The number of nitrogens with one attached hydrogen (secondary N) is 1. The van der Waals surface area contributed by atoms with E-state index in [9.17, 15) is 4.79 Å². The molecule has 0 radical (unpaired) electrons. The van der Waals surface area contributed by atoms with Gasteiger partial charge in [0.15, 0.2) is 5.17 Å². The van der Waals surface area contributed by atoms with Gasteiger partial charge in [0, 0.05) is 0 Å². The Kier molecular flexibility index (Phi) is 4.86. The molecule has 1 saturated heterocycles. The number of carbonyl (C=O) groups excluding carboxylic acids is 1. The van der Waals surface area contributed by atoms with Gasteiger partial charge in [-0.15, -0.1) is 0 Å². The minimum Gasteiger partial charge on any atom is -0.497 e. The van der Waals surface area contributed by atoms with Gasteiger partial charge < -0.3 is 14.8 Å². The highest BCUT2D eigenvalue weighted by molar-refractivity contribution is 8.18. The first-order valence-corrected chi connectivity index (χ1v) is 8.08. The van der Waals surface area contributed by atoms with E-state index in [0.29, 0.717) is 21.5 Å². The van der Waals surface area contributed by atoms with Gasteiger partial charge in [0.2, 0.25) is 0 Å². The second-order valence-electron chi connectivity index (χ2n) is 4.93. The Morgan fingerprint density at radius 3 is 2.50 bits per heavy atom. The van der Waals surface area contributed by atoms with Crippen LogP contribution < -0.4 is 14.8 Å². The maximum atomic E-state index is 12.1. The number of thioether (sulfide) groups is 1. The van der Waals surface area contributed by atoms with Gasteiger partial charge in [-0.25, -0.2) is 4.99 Å². The van der Waals surface area contributed by atoms with Crippen molar-refractivity contribution in [3.63, 3.8) is 0 Å². The number of amides is 1. The fourth-order valence-corrected chi connectivity index (χ4v) is 3.00. The van der Waals surface area contributed by atoms with Crippen LogP contribution in [0.5, 0.6) is 11.5 Å². The number of hydrogen-bond donors (Lipinski definition) is 1. The van der Waals surface area contributed by atoms with E-state index < -0.39 is 0 Å². The van der Waals surface area contributed by atoms with Crippen LogP contribution in [0.15, 0.2) is 58.4 Å². The summed E-state index contributed by atoms with van der Waals surface area (Å²) in [4.78, 5) is 17.2. The molecule has 1 aliphatic rings. The largest absolute Gasteiger partial charge is 0.497 e. The van der Waals surface area contributed by atoms with Gasteiger partial charge in [0.05, 0.1) is 19.1 Å². The highest BCUT2D eigenvalue weighted by Crippen LogP contribution is 2.32. The molecule has 0 saturated carbocycles. The van der Waals surface area contributed by atoms with E-state index in [2.05, 4.69) is 10.3 Å². The van der Waals surface area contributed by atoms with Gasteiger partial charge in [-0.2, -0.15) is 0 Å². The summed E-state index contributed by atoms with van der Waals surface area (Å²) < 4.78 is 10.4. The highest BCUT2D eigenvalue weighted by atomic mass is 32.2. The van der Waals surface area contributed by atoms with E-state index in [1.807, 2.05) is 54.6 Å². The van der Waals surface area contributed by atoms with Crippen LogP contribution in [-0.4, -0.2) is 25.3 Å². The molecule has 1 aliphatic heterocycles. The predicted octanol–water partition coefficient (Wildman–Crippen LogP) is 3.60. The lowest BCUT2D eigenvalue weighted by molar-refractivity contribution is -0.115. The molecule has 1 fully saturated rings. The van der Waals surface area contributed by atoms with E-state index in [1.54, 1.807) is 14.2 Å². The molecule has 2 aromatic rings. The topological polar surface area (TPSA) is 59.9 Å². The number of hydrogen-bond acceptors (Lipinski definition) is 5. The minimum absolute atomic E-state index is 0.163. The first-order chi connectivity index (χ1) is 11.7. The fraction of sp³-hybridized carbons (Fsp3) is 0.111. The zero-order chi connectivity index (χ0) is 16.9. The summed E-state index contributed by atoms with van der Waals surface area (Å²) in [5.74, 6) is 1.27. The molecule has 1 heterocycles. The van der Waals surface area contributed by atoms with Crippen molar-refractivity contribution in [2.45, 2.75) is 0 Å². The normalized spacial score (nSPS) is 17.2. The van der Waals surface area contributed by atoms with Crippen molar-refractivity contribution in [1.82, 2.24) is 5.32 Å². The van der Waals surface area contributed by atoms with Crippen LogP contribution in [0.2, 0.25) is 0 Å². The average molecular weight is 340 g/mol. The van der Waals surface area contributed by atoms with Crippen LogP contribution in [-0.2, 0) is 4.79 Å². The monoisotopic (exact) mass is 340 g/mol. The summed E-state index contributed by atoms with van der Waals surface area (Å²) in [7, 11) is 3.21. The van der Waals surface area contributed by atoms with Crippen LogP contribution in [0.4, 0.5) is 5.69 Å². The molecule has 0 unspecified atom stereocenters. The van der Waals surface area contributed by atoms with E-state index >= 15 is 0 Å². The summed E-state index contributed by atoms with van der Waals surface area (Å²) in [6.07, 6.45) is 1.82. The SMILES string of the molecule is COc1ccc(C=C2SC(=Nc3ccccc3OC)NC2=O)cc1. The Labute approximate surface area is 144 Å². The number of methoxy groups -OCH3 is 2. The summed E-state index contributed by atoms with van der Waals surface area (Å²) in [5, 5.41) is 3.30. The number of nitrogens with zero attached hydrogens (tertiary/aromatic N) is 1. The first-order valence-electron chi connectivity index (χ1n) is 7.26. The van der Waals surface area contributed by atoms with Crippen LogP contribution in [0.3, 0.4) is 0 Å². The lowest BCUT2D eigenvalue weighted by Gasteiger charge is -2.03. The second-order valence-corrected chi connectivity index (χ2v) is 5.96. The molecule has 5 nitrogen and oxygen atoms in total. The van der Waals surface area contributed by atoms with Crippen molar-refractivity contribution < 1.29 is 14.3 Å². The molecular formula is C18H16N2O3S. The number of ether oxygens (including phenoxy) is 2. The van der Waals surface area contributed by atoms with Crippen molar-refractivity contribution in [1.29, 1.82) is 0 Å². The molecule has 0 atom stereocenters. The van der Waals surface area contributed by atoms with Crippen LogP contribution in [0.1, 0.15) is 5.56 Å². The number of aliphatic imine (C=N–C) groups is 1. The van der Waals surface area contributed by atoms with Crippen molar-refractivity contribution in [3.05, 3.63) is 59.0 Å². The average Bonchev–Trinajstić information content (AvgIpc) is 2.95. The van der Waals surface area contributed by atoms with Gasteiger partial charge in [0.25, 0.3) is 5.91 Å². The smallest absolute Gasteiger partial charge is 0.264 e. The van der Waals surface area contributed by atoms with Crippen LogP contribution in [0.25, 0.3) is 6.08 Å². The lowest BCUT2D eigenvalue weighted by Crippen LogP contribution is -2.19.